The number of nitrogens with zero attached hydrogens (tertiary/aromatic N) is 1. The zero-order valence-corrected chi connectivity index (χ0v) is 44.7. The highest BCUT2D eigenvalue weighted by atomic mass is 33.1. The van der Waals surface area contributed by atoms with Crippen molar-refractivity contribution in [2.75, 3.05) is 38.4 Å². The first-order chi connectivity index (χ1) is 36.7. The summed E-state index contributed by atoms with van der Waals surface area (Å²) in [6.45, 7) is 2.26. The van der Waals surface area contributed by atoms with E-state index in [2.05, 4.69) is 36.3 Å². The lowest BCUT2D eigenvalue weighted by molar-refractivity contribution is -0.154. The molecule has 0 radical (unpaired) electrons. The zero-order valence-electron chi connectivity index (χ0n) is 43.1. The first-order valence-electron chi connectivity index (χ1n) is 24.9. The number of esters is 1. The summed E-state index contributed by atoms with van der Waals surface area (Å²) in [4.78, 5) is 156. The fraction of sp³-hybridized carbons (Fsp3) is 0.646. The number of aliphatic carboxylic acids is 3. The highest BCUT2D eigenvalue weighted by Crippen LogP contribution is 2.61. The Morgan fingerprint density at radius 3 is 2.00 bits per heavy atom. The number of Topliss-reactive ketones (excluding diaryl/α,β-unsaturated/α-hetero) is 1. The van der Waals surface area contributed by atoms with Crippen molar-refractivity contribution in [2.24, 2.45) is 45.5 Å². The van der Waals surface area contributed by atoms with Crippen molar-refractivity contribution >= 4 is 98.7 Å². The van der Waals surface area contributed by atoms with Crippen LogP contribution in [0.25, 0.3) is 0 Å². The van der Waals surface area contributed by atoms with Crippen LogP contribution in [0.15, 0.2) is 28.8 Å². The highest BCUT2D eigenvalue weighted by Gasteiger charge is 2.62. The smallest absolute Gasteiger partial charge is 0.481 e. The standard InChI is InChI=1S/C48H68N8O20S2/c1-4-35(60)52-29(18-36(61)62)41(67)53-28(6-5-13-51-45(49)50)40(66)54-30(19-37(63)64)42(68)55-31(20-38(65)74-3)43(69)56-32(44(70)71)22-78-77-15-14-75-46(72)76-21-34(59)48(73)12-10-25-26-8-7-23-16-24(57)9-11-47(23,2)39(26)33(58)17-27(25)48/h7,9,11,25-33,39,58,73H,4-6,8,10,12-22H2,1-3H3,(H,52,60)(H,53,67)(H,54,66)(H,55,68)(H,56,69)(H,61,62)(H,63,64)(H,70,71)(H4,49,50,51). The third-order valence-electron chi connectivity index (χ3n) is 14.2. The average molecular weight is 1140 g/mol. The number of ether oxygens (including phenoxy) is 3. The molecule has 432 valence electrons. The molecule has 0 aromatic rings. The number of aliphatic imine (C=N–C) groups is 1. The molecule has 0 spiro atoms. The van der Waals surface area contributed by atoms with Crippen molar-refractivity contribution in [3.63, 3.8) is 0 Å². The Balaban J connectivity index is 1.30. The van der Waals surface area contributed by atoms with Crippen LogP contribution in [0.4, 0.5) is 4.79 Å². The number of hydrogen-bond donors (Lipinski definition) is 12. The maximum atomic E-state index is 13.6. The van der Waals surface area contributed by atoms with E-state index in [0.29, 0.717) is 12.8 Å². The fourth-order valence-corrected chi connectivity index (χ4v) is 12.4. The van der Waals surface area contributed by atoms with Gasteiger partial charge in [-0.25, -0.2) is 9.59 Å². The van der Waals surface area contributed by atoms with Crippen LogP contribution in [-0.4, -0.2) is 183 Å². The number of amides is 5. The Bertz CT molecular complexity index is 2400. The van der Waals surface area contributed by atoms with Gasteiger partial charge in [-0.05, 0) is 56.4 Å². The van der Waals surface area contributed by atoms with Gasteiger partial charge in [0.25, 0.3) is 0 Å². The molecule has 4 rings (SSSR count). The molecule has 12 unspecified atom stereocenters. The summed E-state index contributed by atoms with van der Waals surface area (Å²) >= 11 is 0. The number of aliphatic hydroxyl groups is 2. The van der Waals surface area contributed by atoms with Gasteiger partial charge in [0.15, 0.2) is 18.3 Å². The molecule has 2 fully saturated rings. The Hall–Kier alpha value is -6.79. The number of carbonyl (C=O) groups is 12. The van der Waals surface area contributed by atoms with Crippen molar-refractivity contribution in [2.45, 2.75) is 126 Å². The van der Waals surface area contributed by atoms with Crippen LogP contribution >= 0.6 is 21.6 Å². The first kappa shape index (κ1) is 63.7. The minimum Gasteiger partial charge on any atom is -0.481 e. The van der Waals surface area contributed by atoms with Crippen LogP contribution in [0.3, 0.4) is 0 Å². The van der Waals surface area contributed by atoms with Crippen molar-refractivity contribution in [3.05, 3.63) is 23.8 Å². The summed E-state index contributed by atoms with van der Waals surface area (Å²) in [6, 6.07) is -8.94. The van der Waals surface area contributed by atoms with Gasteiger partial charge in [-0.1, -0.05) is 53.2 Å². The Morgan fingerprint density at radius 2 is 1.41 bits per heavy atom. The van der Waals surface area contributed by atoms with E-state index in [-0.39, 0.29) is 92.7 Å². The fourth-order valence-electron chi connectivity index (χ4n) is 10.4. The predicted octanol–water partition coefficient (Wildman–Crippen LogP) is -1.81. The van der Waals surface area contributed by atoms with Crippen molar-refractivity contribution in [3.8, 4) is 0 Å². The molecule has 14 N–H and O–H groups in total. The van der Waals surface area contributed by atoms with Crippen LogP contribution in [0.2, 0.25) is 0 Å². The van der Waals surface area contributed by atoms with E-state index < -0.39 is 144 Å². The lowest BCUT2D eigenvalue weighted by atomic mass is 9.50. The van der Waals surface area contributed by atoms with Gasteiger partial charge in [0.2, 0.25) is 35.3 Å². The molecule has 28 nitrogen and oxygen atoms in total. The molecule has 12 atom stereocenters. The zero-order chi connectivity index (χ0) is 58.1. The molecule has 0 heterocycles. The maximum absolute atomic E-state index is 13.6. The minimum absolute atomic E-state index is 0.00451. The van der Waals surface area contributed by atoms with Crippen LogP contribution in [-0.2, 0) is 67.0 Å². The van der Waals surface area contributed by atoms with Gasteiger partial charge in [-0.15, -0.1) is 0 Å². The number of fused-ring (bicyclic) bond motifs is 5. The molecule has 0 saturated heterocycles. The monoisotopic (exact) mass is 1140 g/mol. The number of carbonyl (C=O) groups excluding carboxylic acids is 9. The van der Waals surface area contributed by atoms with Crippen LogP contribution in [0.1, 0.15) is 84.5 Å². The molecule has 4 aliphatic carbocycles. The molecule has 4 aliphatic rings. The molecule has 2 saturated carbocycles. The predicted molar refractivity (Wildman–Crippen MR) is 274 cm³/mol. The number of nitrogens with two attached hydrogens (primary N) is 2. The van der Waals surface area contributed by atoms with Gasteiger partial charge >= 0.3 is 30.0 Å². The summed E-state index contributed by atoms with van der Waals surface area (Å²) in [5.74, 6) is -13.8. The van der Waals surface area contributed by atoms with Gasteiger partial charge in [-0.2, -0.15) is 0 Å². The number of nitrogens with one attached hydrogen (secondary N) is 5. The van der Waals surface area contributed by atoms with Crippen LogP contribution in [0.5, 0.6) is 0 Å². The van der Waals surface area contributed by atoms with E-state index >= 15 is 0 Å². The van der Waals surface area contributed by atoms with E-state index in [1.807, 2.05) is 19.1 Å². The number of allylic oxidation sites excluding steroid dienone is 4. The normalized spacial score (nSPS) is 24.7. The molecule has 5 amide bonds. The number of rotatable bonds is 30. The van der Waals surface area contributed by atoms with E-state index in [1.165, 1.54) is 6.92 Å². The summed E-state index contributed by atoms with van der Waals surface area (Å²) < 4.78 is 14.7. The molecule has 30 heteroatoms. The number of carboxylic acid groups (broad SMARTS) is 3. The third-order valence-corrected chi connectivity index (χ3v) is 16.6. The average Bonchev–Trinajstić information content (AvgIpc) is 3.77. The quantitative estimate of drug-likeness (QED) is 0.00942. The molecule has 0 aliphatic heterocycles. The summed E-state index contributed by atoms with van der Waals surface area (Å²) in [7, 11) is 2.83. The topological polar surface area (TPSA) is 458 Å². The van der Waals surface area contributed by atoms with Crippen molar-refractivity contribution < 1.29 is 97.3 Å². The van der Waals surface area contributed by atoms with Gasteiger partial charge < -0.3 is 77.8 Å². The second-order valence-corrected chi connectivity index (χ2v) is 22.0. The number of hydrogen-bond acceptors (Lipinski definition) is 20. The third kappa shape index (κ3) is 17.6. The molecule has 78 heavy (non-hydrogen) atoms. The summed E-state index contributed by atoms with van der Waals surface area (Å²) in [5, 5.41) is 63.0. The van der Waals surface area contributed by atoms with Crippen molar-refractivity contribution in [1.29, 1.82) is 0 Å². The van der Waals surface area contributed by atoms with Gasteiger partial charge in [0, 0.05) is 48.1 Å². The lowest BCUT2D eigenvalue weighted by Gasteiger charge is -2.55. The molecule has 0 aromatic heterocycles. The van der Waals surface area contributed by atoms with Gasteiger partial charge in [0.1, 0.15) is 42.4 Å². The second-order valence-electron chi connectivity index (χ2n) is 19.3. The van der Waals surface area contributed by atoms with Crippen LogP contribution in [0, 0.1) is 29.1 Å². The summed E-state index contributed by atoms with van der Waals surface area (Å²) in [6.07, 6.45) is 1.61. The number of ketones is 2. The van der Waals surface area contributed by atoms with Gasteiger partial charge in [-0.3, -0.25) is 52.9 Å². The van der Waals surface area contributed by atoms with Gasteiger partial charge in [0.05, 0.1) is 32.5 Å². The molecule has 0 bridgehead atoms. The second kappa shape index (κ2) is 29.3. The maximum Gasteiger partial charge on any atom is 0.508 e. The lowest BCUT2D eigenvalue weighted by Crippen LogP contribution is -2.59. The van der Waals surface area contributed by atoms with Crippen LogP contribution < -0.4 is 38.1 Å². The van der Waals surface area contributed by atoms with Crippen molar-refractivity contribution in [1.82, 2.24) is 26.6 Å². The number of carboxylic acids is 3. The number of guanidine groups is 1. The largest absolute Gasteiger partial charge is 0.508 e. The van der Waals surface area contributed by atoms with E-state index in [9.17, 15) is 83.1 Å². The highest BCUT2D eigenvalue weighted by molar-refractivity contribution is 8.76. The Labute approximate surface area is 455 Å². The Kier molecular flexibility index (Phi) is 23.9. The molecular weight excluding hydrogens is 1070 g/mol. The molecule has 0 aromatic carbocycles. The van der Waals surface area contributed by atoms with E-state index in [1.54, 1.807) is 6.08 Å². The summed E-state index contributed by atoms with van der Waals surface area (Å²) in [5.41, 5.74) is 9.28. The first-order valence-corrected chi connectivity index (χ1v) is 27.4. The minimum atomic E-state index is -2.03. The number of methoxy groups -OCH3 is 1. The Morgan fingerprint density at radius 1 is 0.821 bits per heavy atom. The van der Waals surface area contributed by atoms with E-state index in [0.717, 1.165) is 34.3 Å². The number of aliphatic hydroxyl groups excluding tert-OH is 1. The van der Waals surface area contributed by atoms with E-state index in [4.69, 9.17) is 20.9 Å². The SMILES string of the molecule is CCC(=O)NC(CC(=O)O)C(=O)NC(CCCN=C(N)N)C(=O)NC(CC(=O)O)C(=O)NC(CC(=O)OC)C(=O)NC(CSSCCOC(=O)OCC(=O)C1(O)CCC2C3CC=C4CC(=O)C=CC4(C)C3C(O)CC21)C(=O)O. The molecular formula is C48H68N8O20S2.